The molecule has 8 nitrogen and oxygen atoms in total. The summed E-state index contributed by atoms with van der Waals surface area (Å²) >= 11 is 0. The minimum atomic E-state index is -0.938. The van der Waals surface area contributed by atoms with E-state index in [1.165, 1.54) is 12.1 Å². The van der Waals surface area contributed by atoms with E-state index in [0.717, 1.165) is 11.1 Å². The number of rotatable bonds is 8. The average molecular weight is 457 g/mol. The Bertz CT molecular complexity index is 1120. The second-order valence-electron chi connectivity index (χ2n) is 8.99. The maximum absolute atomic E-state index is 13.3. The molecule has 0 fully saturated rings. The first-order valence-electron chi connectivity index (χ1n) is 10.7. The van der Waals surface area contributed by atoms with Crippen molar-refractivity contribution in [2.45, 2.75) is 39.4 Å². The number of fused-ring (bicyclic) bond motifs is 1. The van der Waals surface area contributed by atoms with Crippen molar-refractivity contribution in [1.82, 2.24) is 20.4 Å². The van der Waals surface area contributed by atoms with E-state index in [2.05, 4.69) is 15.7 Å². The summed E-state index contributed by atoms with van der Waals surface area (Å²) in [6.07, 6.45) is 0. The molecular weight excluding hydrogens is 427 g/mol. The highest BCUT2D eigenvalue weighted by atomic mass is 19.1. The molecule has 1 heterocycles. The van der Waals surface area contributed by atoms with Crippen LogP contribution in [0.4, 0.5) is 4.39 Å². The van der Waals surface area contributed by atoms with Gasteiger partial charge in [-0.15, -0.1) is 0 Å². The third-order valence-electron chi connectivity index (χ3n) is 5.31. The molecule has 0 aliphatic carbocycles. The summed E-state index contributed by atoms with van der Waals surface area (Å²) in [5.74, 6) is -1.37. The van der Waals surface area contributed by atoms with E-state index in [1.54, 1.807) is 49.7 Å². The lowest BCUT2D eigenvalue weighted by molar-refractivity contribution is -0.126. The van der Waals surface area contributed by atoms with Crippen LogP contribution in [0.2, 0.25) is 0 Å². The summed E-state index contributed by atoms with van der Waals surface area (Å²) in [7, 11) is 0. The molecule has 1 aromatic heterocycles. The van der Waals surface area contributed by atoms with Gasteiger partial charge in [-0.05, 0) is 29.2 Å². The van der Waals surface area contributed by atoms with E-state index < -0.39 is 42.5 Å². The normalized spacial score (nSPS) is 12.7. The van der Waals surface area contributed by atoms with Gasteiger partial charge in [0.2, 0.25) is 5.91 Å². The Morgan fingerprint density at radius 2 is 1.67 bits per heavy atom. The van der Waals surface area contributed by atoms with Gasteiger partial charge in [0.1, 0.15) is 11.9 Å². The van der Waals surface area contributed by atoms with Crippen LogP contribution < -0.4 is 10.6 Å². The molecule has 0 aliphatic heterocycles. The van der Waals surface area contributed by atoms with E-state index in [9.17, 15) is 24.2 Å². The van der Waals surface area contributed by atoms with E-state index in [-0.39, 0.29) is 11.5 Å². The molecule has 0 saturated heterocycles. The van der Waals surface area contributed by atoms with Gasteiger partial charge >= 0.3 is 0 Å². The van der Waals surface area contributed by atoms with Crippen LogP contribution in [0.3, 0.4) is 0 Å². The number of carbonyl (C=O) groups is 2. The third kappa shape index (κ3) is 5.74. The maximum Gasteiger partial charge on any atom is 0.273 e. The smallest absolute Gasteiger partial charge is 0.273 e. The van der Waals surface area contributed by atoms with Gasteiger partial charge < -0.3 is 20.8 Å². The first-order chi connectivity index (χ1) is 15.6. The van der Waals surface area contributed by atoms with Crippen LogP contribution in [-0.4, -0.2) is 57.1 Å². The molecule has 0 radical (unpaired) electrons. The number of nitrogens with zero attached hydrogens (tertiary/aromatic N) is 2. The number of para-hydroxylation sites is 1. The number of benzene rings is 2. The number of halogens is 1. The molecule has 176 valence electrons. The summed E-state index contributed by atoms with van der Waals surface area (Å²) in [5.41, 5.74) is 1.06. The van der Waals surface area contributed by atoms with Crippen molar-refractivity contribution in [3.8, 4) is 0 Å². The van der Waals surface area contributed by atoms with Crippen molar-refractivity contribution in [2.75, 3.05) is 13.2 Å². The van der Waals surface area contributed by atoms with Gasteiger partial charge in [-0.25, -0.2) is 4.39 Å². The number of nitrogens with one attached hydrogen (secondary N) is 2. The van der Waals surface area contributed by atoms with Gasteiger partial charge in [0.15, 0.2) is 5.69 Å². The lowest BCUT2D eigenvalue weighted by Crippen LogP contribution is -2.56. The van der Waals surface area contributed by atoms with E-state index in [1.807, 2.05) is 12.1 Å². The van der Waals surface area contributed by atoms with Gasteiger partial charge in [-0.3, -0.25) is 14.3 Å². The second-order valence-corrected chi connectivity index (χ2v) is 8.99. The van der Waals surface area contributed by atoms with Crippen LogP contribution >= 0.6 is 0 Å². The summed E-state index contributed by atoms with van der Waals surface area (Å²) in [5, 5.41) is 29.0. The van der Waals surface area contributed by atoms with Crippen LogP contribution in [0.15, 0.2) is 48.5 Å². The Morgan fingerprint density at radius 3 is 2.27 bits per heavy atom. The largest absolute Gasteiger partial charge is 0.394 e. The highest BCUT2D eigenvalue weighted by Crippen LogP contribution is 2.23. The maximum atomic E-state index is 13.3. The molecule has 0 bridgehead atoms. The number of amides is 2. The van der Waals surface area contributed by atoms with Crippen LogP contribution in [0, 0.1) is 11.2 Å². The molecule has 1 atom stereocenters. The van der Waals surface area contributed by atoms with Gasteiger partial charge in [0.05, 0.1) is 31.3 Å². The first kappa shape index (κ1) is 24.3. The molecule has 9 heteroatoms. The van der Waals surface area contributed by atoms with Crippen LogP contribution in [-0.2, 0) is 11.3 Å². The van der Waals surface area contributed by atoms with E-state index >= 15 is 0 Å². The predicted molar refractivity (Wildman–Crippen MR) is 122 cm³/mol. The number of hydrogen-bond donors (Lipinski definition) is 4. The fraction of sp³-hybridized carbons (Fsp3) is 0.375. The van der Waals surface area contributed by atoms with Crippen LogP contribution in [0.25, 0.3) is 10.9 Å². The highest BCUT2D eigenvalue weighted by molar-refractivity contribution is 6.06. The fourth-order valence-electron chi connectivity index (χ4n) is 3.49. The molecule has 2 aromatic carbocycles. The Hall–Kier alpha value is -3.30. The molecule has 0 spiro atoms. The summed E-state index contributed by atoms with van der Waals surface area (Å²) in [6, 6.07) is 11.5. The molecule has 3 aromatic rings. The van der Waals surface area contributed by atoms with Gasteiger partial charge in [0, 0.05) is 5.39 Å². The summed E-state index contributed by atoms with van der Waals surface area (Å²) in [6.45, 7) is 4.89. The molecule has 33 heavy (non-hydrogen) atoms. The number of aromatic nitrogens is 2. The van der Waals surface area contributed by atoms with Crippen molar-refractivity contribution >= 4 is 22.7 Å². The lowest BCUT2D eigenvalue weighted by Gasteiger charge is -2.31. The second kappa shape index (κ2) is 10.1. The molecule has 0 saturated carbocycles. The topological polar surface area (TPSA) is 116 Å². The zero-order valence-corrected chi connectivity index (χ0v) is 18.9. The molecular formula is C24H29FN4O4. The molecule has 0 aliphatic rings. The zero-order valence-electron chi connectivity index (χ0n) is 18.9. The Morgan fingerprint density at radius 1 is 1.03 bits per heavy atom. The summed E-state index contributed by atoms with van der Waals surface area (Å²) < 4.78 is 14.9. The van der Waals surface area contributed by atoms with Crippen molar-refractivity contribution < 1.29 is 24.2 Å². The van der Waals surface area contributed by atoms with Crippen molar-refractivity contribution in [1.29, 1.82) is 0 Å². The highest BCUT2D eigenvalue weighted by Gasteiger charge is 2.34. The van der Waals surface area contributed by atoms with Crippen LogP contribution in [0.5, 0.6) is 0 Å². The molecule has 2 amide bonds. The Kier molecular flexibility index (Phi) is 7.45. The minimum Gasteiger partial charge on any atom is -0.394 e. The first-order valence-corrected chi connectivity index (χ1v) is 10.7. The Labute approximate surface area is 191 Å². The number of hydrogen-bond acceptors (Lipinski definition) is 5. The van der Waals surface area contributed by atoms with Gasteiger partial charge in [0.25, 0.3) is 5.91 Å². The Balaban J connectivity index is 1.90. The fourth-order valence-corrected chi connectivity index (χ4v) is 3.49. The van der Waals surface area contributed by atoms with Gasteiger partial charge in [-0.1, -0.05) is 51.1 Å². The zero-order chi connectivity index (χ0) is 24.2. The summed E-state index contributed by atoms with van der Waals surface area (Å²) in [4.78, 5) is 26.1. The number of aliphatic hydroxyl groups excluding tert-OH is 2. The average Bonchev–Trinajstić information content (AvgIpc) is 3.15. The van der Waals surface area contributed by atoms with E-state index in [0.29, 0.717) is 11.9 Å². The van der Waals surface area contributed by atoms with Crippen LogP contribution in [0.1, 0.15) is 36.8 Å². The quantitative estimate of drug-likeness (QED) is 0.413. The standard InChI is InChI=1S/C24H29FN4O4/c1-24(2,3)21(23(33)26-17(13-30)14-31)27-22(32)20-18-6-4-5-7-19(18)29(28-20)12-15-8-10-16(25)11-9-15/h4-11,17,21,30-31H,12-14H2,1-3H3,(H,26,33)(H,27,32)/t21-/m1/s1. The predicted octanol–water partition coefficient (Wildman–Crippen LogP) is 1.84. The SMILES string of the molecule is CC(C)(C)[C@H](NC(=O)c1nn(Cc2ccc(F)cc2)c2ccccc12)C(=O)NC(CO)CO. The van der Waals surface area contributed by atoms with E-state index in [4.69, 9.17) is 0 Å². The minimum absolute atomic E-state index is 0.163. The third-order valence-corrected chi connectivity index (χ3v) is 5.31. The molecule has 4 N–H and O–H groups in total. The van der Waals surface area contributed by atoms with Crippen molar-refractivity contribution in [2.24, 2.45) is 5.41 Å². The molecule has 3 rings (SSSR count). The number of aliphatic hydroxyl groups is 2. The number of carbonyl (C=O) groups excluding carboxylic acids is 2. The molecule has 0 unspecified atom stereocenters. The monoisotopic (exact) mass is 456 g/mol. The lowest BCUT2D eigenvalue weighted by atomic mass is 9.85. The van der Waals surface area contributed by atoms with Crippen molar-refractivity contribution in [3.05, 3.63) is 65.6 Å². The van der Waals surface area contributed by atoms with Crippen molar-refractivity contribution in [3.63, 3.8) is 0 Å². The van der Waals surface area contributed by atoms with Gasteiger partial charge in [-0.2, -0.15) is 5.10 Å².